The summed E-state index contributed by atoms with van der Waals surface area (Å²) in [7, 11) is 0. The summed E-state index contributed by atoms with van der Waals surface area (Å²) >= 11 is 3.45. The van der Waals surface area contributed by atoms with E-state index in [0.717, 1.165) is 16.1 Å². The highest BCUT2D eigenvalue weighted by Gasteiger charge is 2.27. The van der Waals surface area contributed by atoms with Crippen molar-refractivity contribution in [3.05, 3.63) is 63.4 Å². The van der Waals surface area contributed by atoms with Crippen molar-refractivity contribution in [2.24, 2.45) is 0 Å². The Bertz CT molecular complexity index is 902. The van der Waals surface area contributed by atoms with Crippen LogP contribution < -0.4 is 4.74 Å². The van der Waals surface area contributed by atoms with Gasteiger partial charge in [0.05, 0.1) is 18.7 Å². The number of rotatable bonds is 5. The molecule has 1 unspecified atom stereocenters. The van der Waals surface area contributed by atoms with E-state index in [1.165, 1.54) is 19.1 Å². The number of carbonyl (C=O) groups is 2. The summed E-state index contributed by atoms with van der Waals surface area (Å²) in [6.07, 6.45) is -0.338. The Morgan fingerprint density at radius 1 is 1.29 bits per heavy atom. The highest BCUT2D eigenvalue weighted by Crippen LogP contribution is 2.23. The van der Waals surface area contributed by atoms with Crippen molar-refractivity contribution in [2.45, 2.75) is 20.0 Å². The van der Waals surface area contributed by atoms with Gasteiger partial charge in [0, 0.05) is 16.6 Å². The molecule has 7 heteroatoms. The summed E-state index contributed by atoms with van der Waals surface area (Å²) in [6, 6.07) is 9.38. The summed E-state index contributed by atoms with van der Waals surface area (Å²) in [5, 5.41) is 0. The molecule has 148 valence electrons. The fraction of sp³-hybridized carbons (Fsp3) is 0.333. The molecule has 2 aromatic carbocycles. The van der Waals surface area contributed by atoms with Gasteiger partial charge in [-0.2, -0.15) is 0 Å². The monoisotopic (exact) mass is 449 g/mol. The van der Waals surface area contributed by atoms with Gasteiger partial charge in [-0.25, -0.2) is 4.39 Å². The van der Waals surface area contributed by atoms with Gasteiger partial charge >= 0.3 is 0 Å². The van der Waals surface area contributed by atoms with E-state index < -0.39 is 5.82 Å². The Hall–Kier alpha value is -2.25. The SMILES string of the molecule is CC(=O)c1cc(F)ccc1OCC1CN(C(=O)c2cccc(Br)c2C)CCO1. The Morgan fingerprint density at radius 2 is 2.07 bits per heavy atom. The zero-order valence-corrected chi connectivity index (χ0v) is 17.3. The van der Waals surface area contributed by atoms with E-state index in [1.54, 1.807) is 11.0 Å². The van der Waals surface area contributed by atoms with Crippen LogP contribution in [0.3, 0.4) is 0 Å². The van der Waals surface area contributed by atoms with Crippen molar-refractivity contribution < 1.29 is 23.5 Å². The molecule has 0 N–H and O–H groups in total. The minimum atomic E-state index is -0.493. The molecule has 1 heterocycles. The molecule has 1 fully saturated rings. The van der Waals surface area contributed by atoms with Crippen molar-refractivity contribution in [2.75, 3.05) is 26.3 Å². The first kappa shape index (κ1) is 20.5. The van der Waals surface area contributed by atoms with Crippen LogP contribution in [0.25, 0.3) is 0 Å². The van der Waals surface area contributed by atoms with Gasteiger partial charge in [0.15, 0.2) is 5.78 Å². The lowest BCUT2D eigenvalue weighted by Gasteiger charge is -2.33. The molecule has 0 aromatic heterocycles. The third kappa shape index (κ3) is 4.59. The highest BCUT2D eigenvalue weighted by atomic mass is 79.9. The third-order valence-electron chi connectivity index (χ3n) is 4.67. The average Bonchev–Trinajstić information content (AvgIpc) is 2.68. The van der Waals surface area contributed by atoms with E-state index in [0.29, 0.717) is 31.0 Å². The zero-order valence-electron chi connectivity index (χ0n) is 15.7. The smallest absolute Gasteiger partial charge is 0.254 e. The molecule has 28 heavy (non-hydrogen) atoms. The molecule has 0 bridgehead atoms. The minimum Gasteiger partial charge on any atom is -0.490 e. The van der Waals surface area contributed by atoms with Crippen LogP contribution in [0.15, 0.2) is 40.9 Å². The number of ether oxygens (including phenoxy) is 2. The van der Waals surface area contributed by atoms with Gasteiger partial charge in [-0.05, 0) is 49.7 Å². The lowest BCUT2D eigenvalue weighted by atomic mass is 10.1. The molecule has 0 saturated carbocycles. The predicted molar refractivity (Wildman–Crippen MR) is 106 cm³/mol. The second-order valence-corrected chi connectivity index (χ2v) is 7.52. The molecule has 2 aromatic rings. The van der Waals surface area contributed by atoms with E-state index in [1.807, 2.05) is 19.1 Å². The second-order valence-electron chi connectivity index (χ2n) is 6.66. The van der Waals surface area contributed by atoms with Gasteiger partial charge in [-0.15, -0.1) is 0 Å². The molecule has 5 nitrogen and oxygen atoms in total. The zero-order chi connectivity index (χ0) is 20.3. The van der Waals surface area contributed by atoms with E-state index in [9.17, 15) is 14.0 Å². The molecule has 3 rings (SSSR count). The maximum absolute atomic E-state index is 13.4. The number of hydrogen-bond donors (Lipinski definition) is 0. The molecule has 1 amide bonds. The van der Waals surface area contributed by atoms with Crippen LogP contribution in [0.1, 0.15) is 33.2 Å². The first-order valence-electron chi connectivity index (χ1n) is 8.96. The molecule has 1 aliphatic heterocycles. The fourth-order valence-electron chi connectivity index (χ4n) is 3.10. The van der Waals surface area contributed by atoms with Crippen LogP contribution in [-0.2, 0) is 4.74 Å². The number of nitrogens with zero attached hydrogens (tertiary/aromatic N) is 1. The third-order valence-corrected chi connectivity index (χ3v) is 5.53. The van der Waals surface area contributed by atoms with Crippen molar-refractivity contribution >= 4 is 27.6 Å². The van der Waals surface area contributed by atoms with Crippen LogP contribution in [0.5, 0.6) is 5.75 Å². The van der Waals surface area contributed by atoms with Crippen LogP contribution in [0.4, 0.5) is 4.39 Å². The number of Topliss-reactive ketones (excluding diaryl/α,β-unsaturated/α-hetero) is 1. The van der Waals surface area contributed by atoms with Crippen molar-refractivity contribution in [3.8, 4) is 5.75 Å². The van der Waals surface area contributed by atoms with Crippen LogP contribution in [-0.4, -0.2) is 49.0 Å². The summed E-state index contributed by atoms with van der Waals surface area (Å²) in [4.78, 5) is 26.3. The van der Waals surface area contributed by atoms with Gasteiger partial charge in [-0.3, -0.25) is 9.59 Å². The maximum Gasteiger partial charge on any atom is 0.254 e. The van der Waals surface area contributed by atoms with Crippen LogP contribution >= 0.6 is 15.9 Å². The standard InChI is InChI=1S/C21H21BrFNO4/c1-13-17(4-3-5-19(13)22)21(26)24-8-9-27-16(11-24)12-28-20-7-6-15(23)10-18(20)14(2)25/h3-7,10,16H,8-9,11-12H2,1-2H3. The van der Waals surface area contributed by atoms with Gasteiger partial charge in [0.2, 0.25) is 0 Å². The fourth-order valence-corrected chi connectivity index (χ4v) is 3.47. The quantitative estimate of drug-likeness (QED) is 0.646. The average molecular weight is 450 g/mol. The number of amides is 1. The van der Waals surface area contributed by atoms with Gasteiger partial charge in [-0.1, -0.05) is 22.0 Å². The largest absolute Gasteiger partial charge is 0.490 e. The Kier molecular flexibility index (Phi) is 6.46. The number of carbonyl (C=O) groups excluding carboxylic acids is 2. The summed E-state index contributed by atoms with van der Waals surface area (Å²) in [5.41, 5.74) is 1.73. The predicted octanol–water partition coefficient (Wildman–Crippen LogP) is 4.02. The highest BCUT2D eigenvalue weighted by molar-refractivity contribution is 9.10. The van der Waals surface area contributed by atoms with E-state index >= 15 is 0 Å². The van der Waals surface area contributed by atoms with Crippen molar-refractivity contribution in [1.82, 2.24) is 4.90 Å². The molecule has 1 saturated heterocycles. The lowest BCUT2D eigenvalue weighted by Crippen LogP contribution is -2.47. The lowest BCUT2D eigenvalue weighted by molar-refractivity contribution is -0.0402. The van der Waals surface area contributed by atoms with Gasteiger partial charge in [0.25, 0.3) is 5.91 Å². The van der Waals surface area contributed by atoms with E-state index in [-0.39, 0.29) is 30.0 Å². The normalized spacial score (nSPS) is 16.7. The first-order chi connectivity index (χ1) is 13.4. The molecular formula is C21H21BrFNO4. The van der Waals surface area contributed by atoms with Crippen LogP contribution in [0, 0.1) is 12.7 Å². The molecule has 1 aliphatic rings. The number of morpholine rings is 1. The number of benzene rings is 2. The van der Waals surface area contributed by atoms with E-state index in [2.05, 4.69) is 15.9 Å². The Labute approximate surface area is 171 Å². The summed E-state index contributed by atoms with van der Waals surface area (Å²) < 4.78 is 25.7. The topological polar surface area (TPSA) is 55.8 Å². The molecule has 0 aliphatic carbocycles. The van der Waals surface area contributed by atoms with Gasteiger partial charge < -0.3 is 14.4 Å². The molecule has 0 spiro atoms. The second kappa shape index (κ2) is 8.84. The van der Waals surface area contributed by atoms with Crippen LogP contribution in [0.2, 0.25) is 0 Å². The summed E-state index contributed by atoms with van der Waals surface area (Å²) in [5.74, 6) is -0.518. The first-order valence-corrected chi connectivity index (χ1v) is 9.75. The molecule has 1 atom stereocenters. The molecular weight excluding hydrogens is 429 g/mol. The Balaban J connectivity index is 1.67. The Morgan fingerprint density at radius 3 is 2.82 bits per heavy atom. The maximum atomic E-state index is 13.4. The number of halogens is 2. The summed E-state index contributed by atoms with van der Waals surface area (Å²) in [6.45, 7) is 4.69. The van der Waals surface area contributed by atoms with Gasteiger partial charge in [0.1, 0.15) is 24.3 Å². The minimum absolute atomic E-state index is 0.0571. The van der Waals surface area contributed by atoms with Crippen molar-refractivity contribution in [3.63, 3.8) is 0 Å². The number of hydrogen-bond acceptors (Lipinski definition) is 4. The molecule has 0 radical (unpaired) electrons. The van der Waals surface area contributed by atoms with Crippen molar-refractivity contribution in [1.29, 1.82) is 0 Å². The number of ketones is 1. The van der Waals surface area contributed by atoms with E-state index in [4.69, 9.17) is 9.47 Å².